The van der Waals surface area contributed by atoms with Gasteiger partial charge < -0.3 is 0 Å². The van der Waals surface area contributed by atoms with Crippen LogP contribution in [0.3, 0.4) is 0 Å². The Bertz CT molecular complexity index is 1230. The minimum absolute atomic E-state index is 0.293. The fourth-order valence-corrected chi connectivity index (χ4v) is 5.62. The van der Waals surface area contributed by atoms with Crippen molar-refractivity contribution in [3.8, 4) is 0 Å². The first-order chi connectivity index (χ1) is 18.8. The van der Waals surface area contributed by atoms with Crippen LogP contribution < -0.4 is 9.80 Å². The predicted molar refractivity (Wildman–Crippen MR) is 155 cm³/mol. The summed E-state index contributed by atoms with van der Waals surface area (Å²) in [4.78, 5) is 52.8. The van der Waals surface area contributed by atoms with Crippen LogP contribution in [0.1, 0.15) is 86.8 Å². The smallest absolute Gasteiger partial charge is 0.258 e. The number of rotatable bonds is 12. The van der Waals surface area contributed by atoms with E-state index in [9.17, 15) is 19.2 Å². The number of carbonyl (C=O) groups is 4. The number of benzene rings is 2. The van der Waals surface area contributed by atoms with Crippen molar-refractivity contribution in [2.45, 2.75) is 85.5 Å². The standard InChI is InChI=1S/C33H38N2O4/c1-5-9-22-20-28(34-30(36)13-14-31(34)37)24(11-7-3)17-26(22)19-27-18-25(12-8-4)29(21-23(27)10-6-2)35-32(38)15-16-33(35)39/h13-18,20-21H,5-12,19H2,1-4H3. The van der Waals surface area contributed by atoms with Crippen molar-refractivity contribution in [2.24, 2.45) is 0 Å². The summed E-state index contributed by atoms with van der Waals surface area (Å²) in [6, 6.07) is 8.45. The molecule has 0 bridgehead atoms. The van der Waals surface area contributed by atoms with Gasteiger partial charge in [0.1, 0.15) is 0 Å². The van der Waals surface area contributed by atoms with E-state index in [4.69, 9.17) is 0 Å². The van der Waals surface area contributed by atoms with Crippen LogP contribution in [-0.4, -0.2) is 23.6 Å². The Kier molecular flexibility index (Phi) is 8.95. The Morgan fingerprint density at radius 2 is 0.744 bits per heavy atom. The van der Waals surface area contributed by atoms with E-state index in [1.165, 1.54) is 45.2 Å². The average molecular weight is 527 g/mol. The lowest BCUT2D eigenvalue weighted by molar-refractivity contribution is -0.121. The molecule has 39 heavy (non-hydrogen) atoms. The van der Waals surface area contributed by atoms with Crippen molar-refractivity contribution in [1.82, 2.24) is 0 Å². The summed E-state index contributed by atoms with van der Waals surface area (Å²) in [7, 11) is 0. The number of anilines is 2. The summed E-state index contributed by atoms with van der Waals surface area (Å²) in [6.45, 7) is 8.46. The van der Waals surface area contributed by atoms with Gasteiger partial charge in [0, 0.05) is 24.3 Å². The molecule has 204 valence electrons. The number of carbonyl (C=O) groups excluding carboxylic acids is 4. The van der Waals surface area contributed by atoms with Crippen molar-refractivity contribution >= 4 is 35.0 Å². The van der Waals surface area contributed by atoms with E-state index < -0.39 is 0 Å². The second kappa shape index (κ2) is 12.4. The zero-order valence-corrected chi connectivity index (χ0v) is 23.5. The Morgan fingerprint density at radius 3 is 1.05 bits per heavy atom. The monoisotopic (exact) mass is 526 g/mol. The normalized spacial score (nSPS) is 15.0. The zero-order valence-electron chi connectivity index (χ0n) is 23.5. The van der Waals surface area contributed by atoms with Crippen molar-refractivity contribution in [1.29, 1.82) is 0 Å². The van der Waals surface area contributed by atoms with Crippen LogP contribution >= 0.6 is 0 Å². The number of amides is 4. The molecular weight excluding hydrogens is 488 g/mol. The summed E-state index contributed by atoms with van der Waals surface area (Å²) in [5.74, 6) is -1.17. The van der Waals surface area contributed by atoms with E-state index in [-0.39, 0.29) is 23.6 Å². The quantitative estimate of drug-likeness (QED) is 0.321. The SMILES string of the molecule is CCCc1cc(N2C(=O)C=CC2=O)c(CCC)cc1Cc1cc(CCC)c(N2C(=O)C=CC2=O)cc1CCC. The maximum atomic E-state index is 12.6. The third-order valence-electron chi connectivity index (χ3n) is 7.36. The molecule has 0 fully saturated rings. The van der Waals surface area contributed by atoms with Crippen LogP contribution in [0.25, 0.3) is 0 Å². The first-order valence-corrected chi connectivity index (χ1v) is 14.2. The van der Waals surface area contributed by atoms with E-state index in [0.29, 0.717) is 17.8 Å². The van der Waals surface area contributed by atoms with E-state index >= 15 is 0 Å². The van der Waals surface area contributed by atoms with Crippen LogP contribution in [0.15, 0.2) is 48.6 Å². The minimum Gasteiger partial charge on any atom is -0.269 e. The molecule has 2 aromatic carbocycles. The van der Waals surface area contributed by atoms with Gasteiger partial charge in [-0.05, 0) is 77.6 Å². The fraction of sp³-hybridized carbons (Fsp3) is 0.394. The first-order valence-electron chi connectivity index (χ1n) is 14.2. The molecule has 2 aromatic rings. The van der Waals surface area contributed by atoms with Crippen LogP contribution in [0, 0.1) is 0 Å². The van der Waals surface area contributed by atoms with Gasteiger partial charge >= 0.3 is 0 Å². The molecule has 0 saturated carbocycles. The molecular formula is C33H38N2O4. The van der Waals surface area contributed by atoms with Crippen LogP contribution in [0.5, 0.6) is 0 Å². The average Bonchev–Trinajstić information content (AvgIpc) is 3.42. The summed E-state index contributed by atoms with van der Waals surface area (Å²) in [6.07, 6.45) is 12.9. The molecule has 0 atom stereocenters. The van der Waals surface area contributed by atoms with Gasteiger partial charge in [-0.25, -0.2) is 9.80 Å². The van der Waals surface area contributed by atoms with Gasteiger partial charge in [0.15, 0.2) is 0 Å². The zero-order chi connectivity index (χ0) is 28.1. The Hall–Kier alpha value is -3.80. The first kappa shape index (κ1) is 28.2. The fourth-order valence-electron chi connectivity index (χ4n) is 5.62. The third kappa shape index (κ3) is 5.80. The number of hydrogen-bond donors (Lipinski definition) is 0. The maximum Gasteiger partial charge on any atom is 0.258 e. The predicted octanol–water partition coefficient (Wildman–Crippen LogP) is 5.95. The van der Waals surface area contributed by atoms with Crippen molar-refractivity contribution in [3.63, 3.8) is 0 Å². The Labute approximate surface area is 231 Å². The van der Waals surface area contributed by atoms with Gasteiger partial charge in [0.2, 0.25) is 0 Å². The molecule has 0 saturated heterocycles. The summed E-state index contributed by atoms with van der Waals surface area (Å²) < 4.78 is 0. The van der Waals surface area contributed by atoms with Crippen LogP contribution in [0.4, 0.5) is 11.4 Å². The molecule has 2 heterocycles. The number of nitrogens with zero attached hydrogens (tertiary/aromatic N) is 2. The van der Waals surface area contributed by atoms with Gasteiger partial charge in [-0.15, -0.1) is 0 Å². The maximum absolute atomic E-state index is 12.6. The summed E-state index contributed by atoms with van der Waals surface area (Å²) >= 11 is 0. The second-order valence-electron chi connectivity index (χ2n) is 10.4. The minimum atomic E-state index is -0.293. The molecule has 6 nitrogen and oxygen atoms in total. The van der Waals surface area contributed by atoms with Crippen LogP contribution in [-0.2, 0) is 51.3 Å². The lowest BCUT2D eigenvalue weighted by Gasteiger charge is -2.24. The molecule has 4 rings (SSSR count). The number of aryl methyl sites for hydroxylation is 4. The molecule has 0 unspecified atom stereocenters. The molecule has 0 aromatic heterocycles. The van der Waals surface area contributed by atoms with Crippen molar-refractivity contribution < 1.29 is 19.2 Å². The molecule has 6 heteroatoms. The summed E-state index contributed by atoms with van der Waals surface area (Å²) in [5.41, 5.74) is 8.04. The van der Waals surface area contributed by atoms with Crippen molar-refractivity contribution in [2.75, 3.05) is 9.80 Å². The van der Waals surface area contributed by atoms with E-state index in [1.54, 1.807) is 0 Å². The van der Waals surface area contributed by atoms with Crippen LogP contribution in [0.2, 0.25) is 0 Å². The Morgan fingerprint density at radius 1 is 0.436 bits per heavy atom. The molecule has 4 amide bonds. The van der Waals surface area contributed by atoms with Gasteiger partial charge in [-0.1, -0.05) is 65.5 Å². The summed E-state index contributed by atoms with van der Waals surface area (Å²) in [5, 5.41) is 0. The highest BCUT2D eigenvalue weighted by Crippen LogP contribution is 2.34. The topological polar surface area (TPSA) is 74.8 Å². The molecule has 2 aliphatic heterocycles. The molecule has 2 aliphatic rings. The Balaban J connectivity index is 1.83. The molecule has 0 aliphatic carbocycles. The van der Waals surface area contributed by atoms with Gasteiger partial charge in [0.05, 0.1) is 11.4 Å². The lowest BCUT2D eigenvalue weighted by atomic mass is 9.88. The van der Waals surface area contributed by atoms with E-state index in [1.807, 2.05) is 12.1 Å². The van der Waals surface area contributed by atoms with E-state index in [0.717, 1.165) is 73.6 Å². The number of imide groups is 2. The molecule has 0 radical (unpaired) electrons. The lowest BCUT2D eigenvalue weighted by Crippen LogP contribution is -2.31. The van der Waals surface area contributed by atoms with Crippen molar-refractivity contribution in [3.05, 3.63) is 82.0 Å². The van der Waals surface area contributed by atoms with Gasteiger partial charge in [-0.2, -0.15) is 0 Å². The molecule has 0 N–H and O–H groups in total. The highest BCUT2D eigenvalue weighted by molar-refractivity contribution is 6.29. The second-order valence-corrected chi connectivity index (χ2v) is 10.4. The highest BCUT2D eigenvalue weighted by Gasteiger charge is 2.30. The largest absolute Gasteiger partial charge is 0.269 e. The van der Waals surface area contributed by atoms with Gasteiger partial charge in [0.25, 0.3) is 23.6 Å². The number of hydrogen-bond acceptors (Lipinski definition) is 4. The third-order valence-corrected chi connectivity index (χ3v) is 7.36. The highest BCUT2D eigenvalue weighted by atomic mass is 16.2. The van der Waals surface area contributed by atoms with Gasteiger partial charge in [-0.3, -0.25) is 19.2 Å². The molecule has 0 spiro atoms. The van der Waals surface area contributed by atoms with E-state index in [2.05, 4.69) is 39.8 Å².